The molecule has 0 aliphatic rings. The van der Waals surface area contributed by atoms with E-state index < -0.39 is 0 Å². The number of halogens is 2. The summed E-state index contributed by atoms with van der Waals surface area (Å²) in [4.78, 5) is 3.59. The van der Waals surface area contributed by atoms with Crippen molar-refractivity contribution >= 4 is 34.1 Å². The second kappa shape index (κ2) is 8.47. The van der Waals surface area contributed by atoms with Crippen LogP contribution in [0.4, 0.5) is 0 Å². The first-order valence-electron chi connectivity index (χ1n) is 9.35. The van der Waals surface area contributed by atoms with Gasteiger partial charge in [0.05, 0.1) is 10.7 Å². The van der Waals surface area contributed by atoms with E-state index in [4.69, 9.17) is 28.9 Å². The molecule has 26 heavy (non-hydrogen) atoms. The Labute approximate surface area is 165 Å². The Bertz CT molecular complexity index is 899. The van der Waals surface area contributed by atoms with Gasteiger partial charge in [-0.15, -0.1) is 0 Å². The molecule has 3 N–H and O–H groups in total. The summed E-state index contributed by atoms with van der Waals surface area (Å²) in [5.74, 6) is 0.550. The third kappa shape index (κ3) is 3.93. The fourth-order valence-corrected chi connectivity index (χ4v) is 3.94. The SMILES string of the molecule is CCC(C)c1ccc2[nH]c(-c3ccc(Cl)cc3Cl)c(CCCCN)c2c1. The van der Waals surface area contributed by atoms with E-state index in [-0.39, 0.29) is 0 Å². The van der Waals surface area contributed by atoms with Crippen molar-refractivity contribution in [2.24, 2.45) is 5.73 Å². The second-order valence-electron chi connectivity index (χ2n) is 6.96. The zero-order valence-electron chi connectivity index (χ0n) is 15.4. The van der Waals surface area contributed by atoms with E-state index in [9.17, 15) is 0 Å². The van der Waals surface area contributed by atoms with Crippen molar-refractivity contribution in [2.45, 2.75) is 45.4 Å². The average Bonchev–Trinajstić information content (AvgIpc) is 2.99. The molecule has 1 heterocycles. The summed E-state index contributed by atoms with van der Waals surface area (Å²) in [5.41, 5.74) is 11.7. The lowest BCUT2D eigenvalue weighted by molar-refractivity contribution is 0.734. The average molecular weight is 389 g/mol. The Balaban J connectivity index is 2.15. The number of fused-ring (bicyclic) bond motifs is 1. The summed E-state index contributed by atoms with van der Waals surface area (Å²) in [6.45, 7) is 5.23. The van der Waals surface area contributed by atoms with Gasteiger partial charge in [-0.05, 0) is 79.6 Å². The fraction of sp³-hybridized carbons (Fsp3) is 0.364. The van der Waals surface area contributed by atoms with Crippen LogP contribution in [-0.2, 0) is 6.42 Å². The Morgan fingerprint density at radius 3 is 2.58 bits per heavy atom. The number of hydrogen-bond donors (Lipinski definition) is 2. The number of aromatic amines is 1. The number of nitrogens with one attached hydrogen (secondary N) is 1. The van der Waals surface area contributed by atoms with E-state index in [1.807, 2.05) is 12.1 Å². The van der Waals surface area contributed by atoms with E-state index in [0.717, 1.165) is 49.0 Å². The number of hydrogen-bond acceptors (Lipinski definition) is 1. The lowest BCUT2D eigenvalue weighted by Gasteiger charge is -2.10. The first kappa shape index (κ1) is 19.3. The molecule has 0 spiro atoms. The van der Waals surface area contributed by atoms with Crippen molar-refractivity contribution in [3.8, 4) is 11.3 Å². The maximum Gasteiger partial charge on any atom is 0.0514 e. The summed E-state index contributed by atoms with van der Waals surface area (Å²) in [7, 11) is 0. The van der Waals surface area contributed by atoms with Gasteiger partial charge in [0.15, 0.2) is 0 Å². The van der Waals surface area contributed by atoms with Crippen molar-refractivity contribution in [1.29, 1.82) is 0 Å². The molecule has 0 amide bonds. The van der Waals surface area contributed by atoms with Crippen molar-refractivity contribution in [1.82, 2.24) is 4.98 Å². The van der Waals surface area contributed by atoms with Crippen LogP contribution in [0, 0.1) is 0 Å². The molecule has 0 aliphatic carbocycles. The third-order valence-corrected chi connectivity index (χ3v) is 5.74. The predicted molar refractivity (Wildman–Crippen MR) is 114 cm³/mol. The van der Waals surface area contributed by atoms with Crippen LogP contribution in [-0.4, -0.2) is 11.5 Å². The van der Waals surface area contributed by atoms with Crippen LogP contribution in [0.3, 0.4) is 0 Å². The number of aromatic nitrogens is 1. The van der Waals surface area contributed by atoms with Gasteiger partial charge < -0.3 is 10.7 Å². The zero-order chi connectivity index (χ0) is 18.7. The van der Waals surface area contributed by atoms with Crippen LogP contribution in [0.5, 0.6) is 0 Å². The van der Waals surface area contributed by atoms with Crippen LogP contribution >= 0.6 is 23.2 Å². The molecule has 0 radical (unpaired) electrons. The summed E-state index contributed by atoms with van der Waals surface area (Å²) >= 11 is 12.6. The van der Waals surface area contributed by atoms with Crippen molar-refractivity contribution in [2.75, 3.05) is 6.54 Å². The Kier molecular flexibility index (Phi) is 6.29. The van der Waals surface area contributed by atoms with Crippen molar-refractivity contribution in [3.05, 3.63) is 57.6 Å². The molecule has 1 atom stereocenters. The summed E-state index contributed by atoms with van der Waals surface area (Å²) in [6, 6.07) is 12.4. The zero-order valence-corrected chi connectivity index (χ0v) is 16.9. The predicted octanol–water partition coefficient (Wildman–Crippen LogP) is 6.94. The van der Waals surface area contributed by atoms with Gasteiger partial charge in [-0.2, -0.15) is 0 Å². The van der Waals surface area contributed by atoms with E-state index >= 15 is 0 Å². The third-order valence-electron chi connectivity index (χ3n) is 5.19. The van der Waals surface area contributed by atoms with E-state index in [0.29, 0.717) is 16.0 Å². The lowest BCUT2D eigenvalue weighted by atomic mass is 9.94. The van der Waals surface area contributed by atoms with Crippen LogP contribution in [0.2, 0.25) is 10.0 Å². The minimum atomic E-state index is 0.550. The molecule has 3 rings (SSSR count). The quantitative estimate of drug-likeness (QED) is 0.422. The van der Waals surface area contributed by atoms with Gasteiger partial charge in [-0.1, -0.05) is 43.1 Å². The maximum atomic E-state index is 6.50. The Morgan fingerprint density at radius 2 is 1.88 bits per heavy atom. The molecule has 1 aromatic heterocycles. The molecule has 2 nitrogen and oxygen atoms in total. The lowest BCUT2D eigenvalue weighted by Crippen LogP contribution is -1.99. The molecule has 0 bridgehead atoms. The van der Waals surface area contributed by atoms with E-state index in [1.165, 1.54) is 16.5 Å². The van der Waals surface area contributed by atoms with Crippen molar-refractivity contribution < 1.29 is 0 Å². The van der Waals surface area contributed by atoms with Crippen LogP contribution in [0.25, 0.3) is 22.2 Å². The number of aryl methyl sites for hydroxylation is 1. The highest BCUT2D eigenvalue weighted by Crippen LogP contribution is 2.37. The molecule has 0 saturated heterocycles. The standard InChI is InChI=1S/C22H26Cl2N2/c1-3-14(2)15-7-10-21-19(12-15)17(6-4-5-11-25)22(26-21)18-9-8-16(23)13-20(18)24/h7-10,12-14,26H,3-6,11,25H2,1-2H3. The van der Waals surface area contributed by atoms with E-state index in [2.05, 4.69) is 37.0 Å². The second-order valence-corrected chi connectivity index (χ2v) is 7.81. The molecule has 0 aliphatic heterocycles. The van der Waals surface area contributed by atoms with Gasteiger partial charge in [0.1, 0.15) is 0 Å². The Hall–Kier alpha value is -1.48. The molecule has 0 fully saturated rings. The smallest absolute Gasteiger partial charge is 0.0514 e. The largest absolute Gasteiger partial charge is 0.354 e. The fourth-order valence-electron chi connectivity index (χ4n) is 3.44. The molecule has 0 saturated carbocycles. The van der Waals surface area contributed by atoms with Gasteiger partial charge in [-0.25, -0.2) is 0 Å². The van der Waals surface area contributed by atoms with Crippen molar-refractivity contribution in [3.63, 3.8) is 0 Å². The van der Waals surface area contributed by atoms with Gasteiger partial charge in [0.25, 0.3) is 0 Å². The van der Waals surface area contributed by atoms with Gasteiger partial charge in [-0.3, -0.25) is 0 Å². The normalized spacial score (nSPS) is 12.7. The van der Waals surface area contributed by atoms with Crippen LogP contribution in [0.15, 0.2) is 36.4 Å². The van der Waals surface area contributed by atoms with Gasteiger partial charge in [0, 0.05) is 21.5 Å². The van der Waals surface area contributed by atoms with Crippen LogP contribution in [0.1, 0.15) is 50.2 Å². The topological polar surface area (TPSA) is 41.8 Å². The number of H-pyrrole nitrogens is 1. The highest BCUT2D eigenvalue weighted by Gasteiger charge is 2.16. The molecule has 1 unspecified atom stereocenters. The van der Waals surface area contributed by atoms with Gasteiger partial charge in [0.2, 0.25) is 0 Å². The summed E-state index contributed by atoms with van der Waals surface area (Å²) < 4.78 is 0. The molecule has 2 aromatic carbocycles. The van der Waals surface area contributed by atoms with Crippen LogP contribution < -0.4 is 5.73 Å². The first-order valence-corrected chi connectivity index (χ1v) is 10.1. The minimum absolute atomic E-state index is 0.550. The number of unbranched alkanes of at least 4 members (excludes halogenated alkanes) is 1. The molecule has 3 aromatic rings. The summed E-state index contributed by atoms with van der Waals surface area (Å²) in [6.07, 6.45) is 4.20. The number of rotatable bonds is 7. The monoisotopic (exact) mass is 388 g/mol. The molecule has 138 valence electrons. The molecular weight excluding hydrogens is 363 g/mol. The van der Waals surface area contributed by atoms with Gasteiger partial charge >= 0.3 is 0 Å². The number of benzene rings is 2. The highest BCUT2D eigenvalue weighted by molar-refractivity contribution is 6.36. The minimum Gasteiger partial charge on any atom is -0.354 e. The first-order chi connectivity index (χ1) is 12.5. The highest BCUT2D eigenvalue weighted by atomic mass is 35.5. The maximum absolute atomic E-state index is 6.50. The summed E-state index contributed by atoms with van der Waals surface area (Å²) in [5, 5.41) is 2.62. The molecule has 4 heteroatoms. The number of nitrogens with two attached hydrogens (primary N) is 1. The Morgan fingerprint density at radius 1 is 1.08 bits per heavy atom. The van der Waals surface area contributed by atoms with E-state index in [1.54, 1.807) is 6.07 Å². The molecular formula is C22H26Cl2N2.